The first-order valence-electron chi connectivity index (χ1n) is 12.5. The van der Waals surface area contributed by atoms with Gasteiger partial charge in [-0.25, -0.2) is 0 Å². The quantitative estimate of drug-likeness (QED) is 0.309. The maximum Gasteiger partial charge on any atom is 0.226 e. The lowest BCUT2D eigenvalue weighted by atomic mass is 9.96. The molecule has 0 unspecified atom stereocenters. The van der Waals surface area contributed by atoms with Gasteiger partial charge >= 0.3 is 0 Å². The van der Waals surface area contributed by atoms with E-state index >= 15 is 0 Å². The summed E-state index contributed by atoms with van der Waals surface area (Å²) in [6, 6.07) is 26.0. The fourth-order valence-electron chi connectivity index (χ4n) is 5.13. The lowest BCUT2D eigenvalue weighted by molar-refractivity contribution is -0.116. The minimum absolute atomic E-state index is 0.0424. The highest BCUT2D eigenvalue weighted by Gasteiger charge is 2.41. The van der Waals surface area contributed by atoms with Crippen LogP contribution in [0.1, 0.15) is 46.7 Å². The Morgan fingerprint density at radius 1 is 1.00 bits per heavy atom. The Kier molecular flexibility index (Phi) is 7.06. The summed E-state index contributed by atoms with van der Waals surface area (Å²) in [6.07, 6.45) is 2.13. The molecule has 1 saturated heterocycles. The summed E-state index contributed by atoms with van der Waals surface area (Å²) in [5.41, 5.74) is 7.54. The number of pyridine rings is 1. The predicted octanol–water partition coefficient (Wildman–Crippen LogP) is 5.80. The smallest absolute Gasteiger partial charge is 0.226 e. The Balaban J connectivity index is 1.47. The fourth-order valence-corrected chi connectivity index (χ4v) is 5.46. The molecule has 2 aromatic heterocycles. The van der Waals surface area contributed by atoms with Crippen LogP contribution in [0.4, 0.5) is 5.69 Å². The number of rotatable bonds is 7. The minimum Gasteiger partial charge on any atom is -0.352 e. The van der Waals surface area contributed by atoms with E-state index in [4.69, 9.17) is 12.2 Å². The van der Waals surface area contributed by atoms with Crippen molar-refractivity contribution in [2.75, 3.05) is 11.9 Å². The van der Waals surface area contributed by atoms with E-state index in [1.54, 1.807) is 0 Å². The lowest BCUT2D eigenvalue weighted by Crippen LogP contribution is -2.32. The van der Waals surface area contributed by atoms with Gasteiger partial charge in [-0.1, -0.05) is 42.0 Å². The van der Waals surface area contributed by atoms with Crippen LogP contribution in [0.2, 0.25) is 0 Å². The zero-order chi connectivity index (χ0) is 25.9. The van der Waals surface area contributed by atoms with Crippen molar-refractivity contribution in [1.82, 2.24) is 19.8 Å². The van der Waals surface area contributed by atoms with Gasteiger partial charge in [0.15, 0.2) is 5.11 Å². The monoisotopic (exact) mass is 509 g/mol. The third-order valence-electron chi connectivity index (χ3n) is 6.92. The first-order valence-corrected chi connectivity index (χ1v) is 12.9. The topological polar surface area (TPSA) is 62.2 Å². The number of carbonyl (C=O) groups is 1. The highest BCUT2D eigenvalue weighted by Crippen LogP contribution is 2.41. The number of para-hydroxylation sites is 1. The Morgan fingerprint density at radius 2 is 1.73 bits per heavy atom. The fraction of sp³-hybridized carbons (Fsp3) is 0.233. The second kappa shape index (κ2) is 10.6. The Bertz CT molecular complexity index is 1400. The summed E-state index contributed by atoms with van der Waals surface area (Å²) in [7, 11) is 0. The number of nitrogens with zero attached hydrogens (tertiary/aromatic N) is 3. The molecule has 1 fully saturated rings. The zero-order valence-corrected chi connectivity index (χ0v) is 22.1. The van der Waals surface area contributed by atoms with E-state index in [2.05, 4.69) is 76.2 Å². The third-order valence-corrected chi connectivity index (χ3v) is 7.27. The molecule has 2 N–H and O–H groups in total. The maximum atomic E-state index is 12.8. The molecule has 0 spiro atoms. The molecule has 2 atom stereocenters. The molecule has 37 heavy (non-hydrogen) atoms. The molecule has 1 aliphatic rings. The van der Waals surface area contributed by atoms with Gasteiger partial charge in [0.2, 0.25) is 5.91 Å². The molecule has 1 aliphatic heterocycles. The van der Waals surface area contributed by atoms with Gasteiger partial charge in [-0.3, -0.25) is 9.78 Å². The molecule has 0 saturated carbocycles. The molecular formula is C30H31N5OS. The van der Waals surface area contributed by atoms with E-state index in [9.17, 15) is 4.79 Å². The van der Waals surface area contributed by atoms with Gasteiger partial charge in [-0.05, 0) is 81.0 Å². The number of aryl methyl sites for hydroxylation is 2. The SMILES string of the molecule is Cc1ccc(-n2c(C)cc([C@@H]3[C@H](c4ccccn4)NC(=S)N3CCC(=O)Nc3ccccc3)c2C)cc1. The van der Waals surface area contributed by atoms with Crippen molar-refractivity contribution in [1.29, 1.82) is 0 Å². The molecule has 0 aliphatic carbocycles. The van der Waals surface area contributed by atoms with Gasteiger partial charge in [0.05, 0.1) is 17.8 Å². The first-order chi connectivity index (χ1) is 17.9. The average Bonchev–Trinajstić information content (AvgIpc) is 3.39. The van der Waals surface area contributed by atoms with E-state index in [-0.39, 0.29) is 18.0 Å². The van der Waals surface area contributed by atoms with E-state index < -0.39 is 0 Å². The number of thiocarbonyl (C=S) groups is 1. The van der Waals surface area contributed by atoms with Crippen molar-refractivity contribution < 1.29 is 4.79 Å². The second-order valence-corrected chi connectivity index (χ2v) is 9.87. The van der Waals surface area contributed by atoms with Crippen LogP contribution in [-0.4, -0.2) is 32.0 Å². The Labute approximate surface area is 223 Å². The van der Waals surface area contributed by atoms with Crippen molar-refractivity contribution in [2.45, 2.75) is 39.3 Å². The minimum atomic E-state index is -0.127. The molecule has 3 heterocycles. The zero-order valence-electron chi connectivity index (χ0n) is 21.3. The standard InChI is InChI=1S/C30H31N5OS/c1-20-12-14-24(15-13-20)35-21(2)19-25(22(35)3)29-28(26-11-7-8-17-31-26)33-30(37)34(29)18-16-27(36)32-23-9-5-4-6-10-23/h4-15,17,19,28-29H,16,18H2,1-3H3,(H,32,36)(H,33,37)/t28-,29+/m0/s1. The van der Waals surface area contributed by atoms with Gasteiger partial charge < -0.3 is 20.1 Å². The average molecular weight is 510 g/mol. The number of amides is 1. The van der Waals surface area contributed by atoms with Gasteiger partial charge in [-0.15, -0.1) is 0 Å². The van der Waals surface area contributed by atoms with Crippen LogP contribution < -0.4 is 10.6 Å². The van der Waals surface area contributed by atoms with Crippen LogP contribution in [-0.2, 0) is 4.79 Å². The molecule has 1 amide bonds. The van der Waals surface area contributed by atoms with Gasteiger partial charge in [0.25, 0.3) is 0 Å². The summed E-state index contributed by atoms with van der Waals surface area (Å²) < 4.78 is 2.28. The Hall–Kier alpha value is -3.97. The van der Waals surface area contributed by atoms with Crippen molar-refractivity contribution in [2.24, 2.45) is 0 Å². The third kappa shape index (κ3) is 5.13. The molecule has 7 heteroatoms. The number of benzene rings is 2. The van der Waals surface area contributed by atoms with E-state index in [1.807, 2.05) is 54.7 Å². The van der Waals surface area contributed by atoms with E-state index in [1.165, 1.54) is 11.1 Å². The highest BCUT2D eigenvalue weighted by atomic mass is 32.1. The second-order valence-electron chi connectivity index (χ2n) is 9.48. The summed E-state index contributed by atoms with van der Waals surface area (Å²) in [5.74, 6) is -0.0424. The lowest BCUT2D eigenvalue weighted by Gasteiger charge is -2.28. The van der Waals surface area contributed by atoms with Crippen LogP contribution >= 0.6 is 12.2 Å². The van der Waals surface area contributed by atoms with Crippen LogP contribution in [0, 0.1) is 20.8 Å². The normalized spacial score (nSPS) is 17.1. The molecule has 0 bridgehead atoms. The molecule has 188 valence electrons. The van der Waals surface area contributed by atoms with E-state index in [0.29, 0.717) is 18.1 Å². The largest absolute Gasteiger partial charge is 0.352 e. The van der Waals surface area contributed by atoms with Crippen molar-refractivity contribution in [3.63, 3.8) is 0 Å². The maximum absolute atomic E-state index is 12.8. The van der Waals surface area contributed by atoms with Crippen molar-refractivity contribution in [3.8, 4) is 5.69 Å². The number of hydrogen-bond donors (Lipinski definition) is 2. The molecule has 6 nitrogen and oxygen atoms in total. The molecular weight excluding hydrogens is 478 g/mol. The van der Waals surface area contributed by atoms with Crippen LogP contribution in [0.15, 0.2) is 85.1 Å². The summed E-state index contributed by atoms with van der Waals surface area (Å²) >= 11 is 5.82. The highest BCUT2D eigenvalue weighted by molar-refractivity contribution is 7.80. The van der Waals surface area contributed by atoms with E-state index in [0.717, 1.165) is 28.5 Å². The first kappa shape index (κ1) is 24.7. The number of anilines is 1. The number of aromatic nitrogens is 2. The van der Waals surface area contributed by atoms with Gasteiger partial charge in [-0.2, -0.15) is 0 Å². The van der Waals surface area contributed by atoms with Crippen LogP contribution in [0.5, 0.6) is 0 Å². The van der Waals surface area contributed by atoms with Gasteiger partial charge in [0.1, 0.15) is 0 Å². The predicted molar refractivity (Wildman–Crippen MR) is 152 cm³/mol. The molecule has 4 aromatic rings. The molecule has 5 rings (SSSR count). The van der Waals surface area contributed by atoms with Crippen LogP contribution in [0.25, 0.3) is 5.69 Å². The Morgan fingerprint density at radius 3 is 2.43 bits per heavy atom. The van der Waals surface area contributed by atoms with Crippen molar-refractivity contribution in [3.05, 3.63) is 113 Å². The van der Waals surface area contributed by atoms with Gasteiger partial charge in [0, 0.05) is 41.9 Å². The number of nitrogens with one attached hydrogen (secondary N) is 2. The molecule has 2 aromatic carbocycles. The molecule has 0 radical (unpaired) electrons. The summed E-state index contributed by atoms with van der Waals surface area (Å²) in [5, 5.41) is 7.12. The van der Waals surface area contributed by atoms with Crippen LogP contribution in [0.3, 0.4) is 0 Å². The summed E-state index contributed by atoms with van der Waals surface area (Å²) in [4.78, 5) is 19.6. The summed E-state index contributed by atoms with van der Waals surface area (Å²) in [6.45, 7) is 6.87. The van der Waals surface area contributed by atoms with Crippen molar-refractivity contribution >= 4 is 28.9 Å². The number of hydrogen-bond acceptors (Lipinski definition) is 3. The number of carbonyl (C=O) groups excluding carboxylic acids is 1.